The van der Waals surface area contributed by atoms with E-state index < -0.39 is 35.7 Å². The molecule has 208 valence electrons. The van der Waals surface area contributed by atoms with Gasteiger partial charge in [0.05, 0.1) is 18.4 Å². The summed E-state index contributed by atoms with van der Waals surface area (Å²) in [6, 6.07) is 25.3. The fourth-order valence-electron chi connectivity index (χ4n) is 6.02. The van der Waals surface area contributed by atoms with E-state index in [0.29, 0.717) is 17.9 Å². The first kappa shape index (κ1) is 25.5. The van der Waals surface area contributed by atoms with Crippen molar-refractivity contribution >= 4 is 40.1 Å². The Labute approximate surface area is 240 Å². The number of para-hydroxylation sites is 2. The molecular formula is C33H25FN4O4. The molecule has 8 nitrogen and oxygen atoms in total. The molecule has 7 rings (SSSR count). The van der Waals surface area contributed by atoms with Gasteiger partial charge >= 0.3 is 6.03 Å². The van der Waals surface area contributed by atoms with Gasteiger partial charge in [-0.3, -0.25) is 14.5 Å². The van der Waals surface area contributed by atoms with Crippen molar-refractivity contribution in [3.63, 3.8) is 0 Å². The molecule has 5 aromatic rings. The Kier molecular flexibility index (Phi) is 6.00. The Hall–Kier alpha value is -5.44. The monoisotopic (exact) mass is 560 g/mol. The number of fused-ring (bicyclic) bond motifs is 4. The molecular weight excluding hydrogens is 535 g/mol. The molecule has 2 aliphatic rings. The van der Waals surface area contributed by atoms with Crippen molar-refractivity contribution in [2.45, 2.75) is 18.5 Å². The van der Waals surface area contributed by atoms with Gasteiger partial charge in [-0.05, 0) is 65.7 Å². The number of rotatable bonds is 5. The lowest BCUT2D eigenvalue weighted by atomic mass is 9.89. The summed E-state index contributed by atoms with van der Waals surface area (Å²) in [4.78, 5) is 48.0. The maximum Gasteiger partial charge on any atom is 0.332 e. The van der Waals surface area contributed by atoms with E-state index in [1.165, 1.54) is 24.3 Å². The van der Waals surface area contributed by atoms with Gasteiger partial charge in [0.2, 0.25) is 0 Å². The molecule has 1 aromatic heterocycles. The lowest BCUT2D eigenvalue weighted by Crippen LogP contribution is -2.44. The van der Waals surface area contributed by atoms with Gasteiger partial charge in [0, 0.05) is 28.7 Å². The fourth-order valence-corrected chi connectivity index (χ4v) is 6.02. The van der Waals surface area contributed by atoms with Gasteiger partial charge in [0.1, 0.15) is 23.7 Å². The number of nitrogens with zero attached hydrogens (tertiary/aromatic N) is 2. The van der Waals surface area contributed by atoms with E-state index in [2.05, 4.69) is 10.3 Å². The molecule has 4 aromatic carbocycles. The molecule has 0 bridgehead atoms. The van der Waals surface area contributed by atoms with Crippen LogP contribution in [0.4, 0.5) is 20.6 Å². The molecule has 2 atom stereocenters. The highest BCUT2D eigenvalue weighted by Crippen LogP contribution is 2.45. The summed E-state index contributed by atoms with van der Waals surface area (Å²) >= 11 is 0. The van der Waals surface area contributed by atoms with Crippen LogP contribution in [-0.4, -0.2) is 40.9 Å². The van der Waals surface area contributed by atoms with E-state index in [9.17, 15) is 18.8 Å². The number of carbonyl (C=O) groups excluding carboxylic acids is 3. The van der Waals surface area contributed by atoms with Crippen LogP contribution in [0.15, 0.2) is 97.1 Å². The van der Waals surface area contributed by atoms with Gasteiger partial charge in [-0.15, -0.1) is 0 Å². The zero-order valence-electron chi connectivity index (χ0n) is 22.5. The summed E-state index contributed by atoms with van der Waals surface area (Å²) in [6.07, 6.45) is 0.330. The lowest BCUT2D eigenvalue weighted by Gasteiger charge is -2.36. The van der Waals surface area contributed by atoms with Crippen LogP contribution in [0, 0.1) is 5.82 Å². The van der Waals surface area contributed by atoms with E-state index in [1.807, 2.05) is 48.5 Å². The van der Waals surface area contributed by atoms with Crippen LogP contribution in [-0.2, 0) is 11.2 Å². The largest absolute Gasteiger partial charge is 0.497 e. The Morgan fingerprint density at radius 2 is 1.64 bits per heavy atom. The minimum absolute atomic E-state index is 0.147. The average Bonchev–Trinajstić information content (AvgIpc) is 3.51. The molecule has 1 saturated heterocycles. The number of hydrogen-bond donors (Lipinski definition) is 2. The van der Waals surface area contributed by atoms with Crippen LogP contribution >= 0.6 is 0 Å². The van der Waals surface area contributed by atoms with Crippen molar-refractivity contribution in [2.75, 3.05) is 17.3 Å². The van der Waals surface area contributed by atoms with Crippen LogP contribution in [0.25, 0.3) is 10.9 Å². The number of carbonyl (C=O) groups is 3. The van der Waals surface area contributed by atoms with Crippen molar-refractivity contribution in [2.24, 2.45) is 0 Å². The van der Waals surface area contributed by atoms with E-state index >= 15 is 0 Å². The second kappa shape index (κ2) is 9.88. The molecule has 0 aliphatic carbocycles. The van der Waals surface area contributed by atoms with Crippen molar-refractivity contribution in [3.8, 4) is 5.75 Å². The highest BCUT2D eigenvalue weighted by atomic mass is 19.1. The minimum Gasteiger partial charge on any atom is -0.497 e. The first-order chi connectivity index (χ1) is 20.4. The van der Waals surface area contributed by atoms with Crippen LogP contribution in [0.3, 0.4) is 0 Å². The van der Waals surface area contributed by atoms with Gasteiger partial charge in [-0.1, -0.05) is 42.5 Å². The molecule has 0 radical (unpaired) electrons. The van der Waals surface area contributed by atoms with Crippen molar-refractivity contribution < 1.29 is 23.5 Å². The number of anilines is 2. The van der Waals surface area contributed by atoms with Gasteiger partial charge in [0.25, 0.3) is 11.8 Å². The first-order valence-corrected chi connectivity index (χ1v) is 13.5. The van der Waals surface area contributed by atoms with Crippen LogP contribution < -0.4 is 15.0 Å². The highest BCUT2D eigenvalue weighted by Gasteiger charge is 2.53. The predicted octanol–water partition coefficient (Wildman–Crippen LogP) is 6.05. The van der Waals surface area contributed by atoms with Gasteiger partial charge in [-0.2, -0.15) is 0 Å². The van der Waals surface area contributed by atoms with Crippen LogP contribution in [0.5, 0.6) is 5.75 Å². The van der Waals surface area contributed by atoms with E-state index in [1.54, 1.807) is 36.3 Å². The number of benzene rings is 4. The summed E-state index contributed by atoms with van der Waals surface area (Å²) < 4.78 is 18.7. The maximum atomic E-state index is 14.3. The predicted molar refractivity (Wildman–Crippen MR) is 156 cm³/mol. The standard InChI is InChI=1S/C33H25FN4O4/c1-42-22-16-10-19(11-17-22)30-29-25(23-6-2-4-8-26(23)36-29)18-28-32(40)38(33(41)37(28)30)27-9-5-3-7-24(27)31(39)35-21-14-12-20(34)13-15-21/h2-17,28,30,36H,18H2,1H3,(H,35,39)/t28-,30-/m0/s1. The zero-order chi connectivity index (χ0) is 29.0. The van der Waals surface area contributed by atoms with Gasteiger partial charge in [-0.25, -0.2) is 14.1 Å². The minimum atomic E-state index is -0.774. The van der Waals surface area contributed by atoms with E-state index in [4.69, 9.17) is 4.74 Å². The smallest absolute Gasteiger partial charge is 0.332 e. The molecule has 42 heavy (non-hydrogen) atoms. The van der Waals surface area contributed by atoms with Gasteiger partial charge < -0.3 is 15.0 Å². The summed E-state index contributed by atoms with van der Waals surface area (Å²) in [6.45, 7) is 0. The number of hydrogen-bond acceptors (Lipinski definition) is 4. The highest BCUT2D eigenvalue weighted by molar-refractivity contribution is 6.24. The fraction of sp³-hybridized carbons (Fsp3) is 0.121. The summed E-state index contributed by atoms with van der Waals surface area (Å²) in [7, 11) is 1.59. The Bertz CT molecular complexity index is 1870. The second-order valence-electron chi connectivity index (χ2n) is 10.3. The number of ether oxygens (including phenoxy) is 1. The Morgan fingerprint density at radius 1 is 0.929 bits per heavy atom. The number of urea groups is 1. The third-order valence-electron chi connectivity index (χ3n) is 7.97. The average molecular weight is 561 g/mol. The number of aromatic nitrogens is 1. The SMILES string of the molecule is COc1ccc([C@H]2c3[nH]c4ccccc4c3C[C@H]3C(=O)N(c4ccccc4C(=O)Nc4ccc(F)cc4)C(=O)N23)cc1. The van der Waals surface area contributed by atoms with Crippen LogP contribution in [0.2, 0.25) is 0 Å². The van der Waals surface area contributed by atoms with E-state index in [0.717, 1.165) is 32.6 Å². The Balaban J connectivity index is 1.31. The molecule has 1 fully saturated rings. The number of aromatic amines is 1. The van der Waals surface area contributed by atoms with Gasteiger partial charge in [0.15, 0.2) is 0 Å². The molecule has 0 unspecified atom stereocenters. The number of methoxy groups -OCH3 is 1. The topological polar surface area (TPSA) is 94.7 Å². The number of amides is 4. The summed E-state index contributed by atoms with van der Waals surface area (Å²) in [5.41, 5.74) is 4.30. The number of H-pyrrole nitrogens is 1. The molecule has 2 N–H and O–H groups in total. The molecule has 3 heterocycles. The van der Waals surface area contributed by atoms with Crippen molar-refractivity contribution in [1.29, 1.82) is 0 Å². The zero-order valence-corrected chi connectivity index (χ0v) is 22.5. The summed E-state index contributed by atoms with van der Waals surface area (Å²) in [5.74, 6) is -0.682. The van der Waals surface area contributed by atoms with E-state index in [-0.39, 0.29) is 11.3 Å². The number of halogens is 1. The maximum absolute atomic E-state index is 14.3. The molecule has 4 amide bonds. The number of nitrogens with one attached hydrogen (secondary N) is 2. The Morgan fingerprint density at radius 3 is 2.40 bits per heavy atom. The van der Waals surface area contributed by atoms with Crippen molar-refractivity contribution in [1.82, 2.24) is 9.88 Å². The molecule has 9 heteroatoms. The second-order valence-corrected chi connectivity index (χ2v) is 10.3. The first-order valence-electron chi connectivity index (χ1n) is 13.5. The summed E-state index contributed by atoms with van der Waals surface area (Å²) in [5, 5.41) is 3.74. The third-order valence-corrected chi connectivity index (χ3v) is 7.97. The quantitative estimate of drug-likeness (QED) is 0.256. The van der Waals surface area contributed by atoms with Crippen molar-refractivity contribution in [3.05, 3.63) is 125 Å². The lowest BCUT2D eigenvalue weighted by molar-refractivity contribution is -0.120. The van der Waals surface area contributed by atoms with Crippen LogP contribution in [0.1, 0.15) is 33.2 Å². The molecule has 0 saturated carbocycles. The third kappa shape index (κ3) is 4.01. The molecule has 2 aliphatic heterocycles. The number of imide groups is 1. The normalized spacial score (nSPS) is 17.8. The molecule has 0 spiro atoms.